The molecule has 8 nitrogen and oxygen atoms in total. The Hall–Kier alpha value is -1.88. The van der Waals surface area contributed by atoms with E-state index < -0.39 is 11.6 Å². The van der Waals surface area contributed by atoms with E-state index >= 15 is 0 Å². The molecular formula is C23H29BrN4O4S. The summed E-state index contributed by atoms with van der Waals surface area (Å²) in [6, 6.07) is 5.11. The number of piperidine rings is 3. The summed E-state index contributed by atoms with van der Waals surface area (Å²) >= 11 is 1.47. The van der Waals surface area contributed by atoms with Crippen LogP contribution in [0.15, 0.2) is 35.2 Å². The fraction of sp³-hybridized carbons (Fsp3) is 0.565. The summed E-state index contributed by atoms with van der Waals surface area (Å²) in [6.07, 6.45) is 6.45. The van der Waals surface area contributed by atoms with Gasteiger partial charge in [0, 0.05) is 36.4 Å². The van der Waals surface area contributed by atoms with Gasteiger partial charge in [0.1, 0.15) is 6.54 Å². The number of carbonyl (C=O) groups excluding carboxylic acids is 2. The van der Waals surface area contributed by atoms with Gasteiger partial charge in [-0.25, -0.2) is 14.1 Å². The number of nitrogens with one attached hydrogen (secondary N) is 1. The average Bonchev–Trinajstić information content (AvgIpc) is 3.55. The molecule has 4 aliphatic rings. The van der Waals surface area contributed by atoms with Crippen molar-refractivity contribution in [3.05, 3.63) is 40.7 Å². The lowest BCUT2D eigenvalue weighted by molar-refractivity contribution is -0.869. The van der Waals surface area contributed by atoms with Crippen molar-refractivity contribution in [1.29, 1.82) is 0 Å². The van der Waals surface area contributed by atoms with Gasteiger partial charge >= 0.3 is 12.0 Å². The number of esters is 1. The van der Waals surface area contributed by atoms with Crippen LogP contribution >= 0.6 is 11.3 Å². The molecule has 3 saturated heterocycles. The number of thiophene rings is 1. The molecule has 3 aliphatic heterocycles. The standard InChI is InChI=1S/C23H28N4O4S.BrH/c28-21(23(30,17-4-1-2-5-17)18-9-13-32-15-18)31-19-14-27(11-7-16(19)8-12-27)22(29)25-20-6-3-10-24-26-20;/h3,6,9-10,13,15-17,19,30H,1-2,4-5,7-8,11-12,14H2;1H/t16?,19?,23-,27?;/m1./s1. The zero-order chi connectivity index (χ0) is 22.2. The van der Waals surface area contributed by atoms with Crippen LogP contribution < -0.4 is 22.3 Å². The third kappa shape index (κ3) is 4.45. The fourth-order valence-electron chi connectivity index (χ4n) is 5.72. The van der Waals surface area contributed by atoms with Gasteiger partial charge in [0.25, 0.3) is 0 Å². The van der Waals surface area contributed by atoms with Crippen LogP contribution in [0.25, 0.3) is 0 Å². The Morgan fingerprint density at radius 2 is 1.94 bits per heavy atom. The van der Waals surface area contributed by atoms with Gasteiger partial charge in [-0.05, 0) is 41.8 Å². The van der Waals surface area contributed by atoms with E-state index in [1.165, 1.54) is 11.3 Å². The number of hydrogen-bond donors (Lipinski definition) is 2. The molecule has 1 unspecified atom stereocenters. The normalized spacial score (nSPS) is 28.5. The lowest BCUT2D eigenvalue weighted by atomic mass is 9.80. The van der Waals surface area contributed by atoms with Crippen LogP contribution in [0.2, 0.25) is 0 Å². The molecule has 2 bridgehead atoms. The molecule has 2 atom stereocenters. The number of rotatable bonds is 5. The van der Waals surface area contributed by atoms with Crippen LogP contribution in [0.4, 0.5) is 10.6 Å². The van der Waals surface area contributed by atoms with Crippen LogP contribution in [0.3, 0.4) is 0 Å². The number of aromatic nitrogens is 2. The molecule has 0 radical (unpaired) electrons. The summed E-state index contributed by atoms with van der Waals surface area (Å²) in [6.45, 7) is 1.84. The summed E-state index contributed by atoms with van der Waals surface area (Å²) in [5, 5.41) is 26.0. The van der Waals surface area contributed by atoms with E-state index in [1.54, 1.807) is 18.3 Å². The van der Waals surface area contributed by atoms with E-state index in [-0.39, 0.29) is 45.4 Å². The zero-order valence-corrected chi connectivity index (χ0v) is 20.8. The van der Waals surface area contributed by atoms with Crippen molar-refractivity contribution in [2.24, 2.45) is 11.8 Å². The first kappa shape index (κ1) is 24.3. The highest BCUT2D eigenvalue weighted by atomic mass is 79.9. The number of urea groups is 1. The minimum atomic E-state index is -1.62. The van der Waals surface area contributed by atoms with E-state index in [2.05, 4.69) is 15.5 Å². The first-order valence-corrected chi connectivity index (χ1v) is 12.4. The smallest absolute Gasteiger partial charge is 0.422 e. The Balaban J connectivity index is 0.00000259. The second kappa shape index (κ2) is 9.77. The Labute approximate surface area is 207 Å². The molecule has 10 heteroatoms. The third-order valence-electron chi connectivity index (χ3n) is 7.63. The molecular weight excluding hydrogens is 508 g/mol. The molecule has 0 aromatic carbocycles. The third-order valence-corrected chi connectivity index (χ3v) is 8.31. The summed E-state index contributed by atoms with van der Waals surface area (Å²) in [7, 11) is 0. The molecule has 178 valence electrons. The monoisotopic (exact) mass is 536 g/mol. The summed E-state index contributed by atoms with van der Waals surface area (Å²) in [5.41, 5.74) is -0.986. The predicted octanol–water partition coefficient (Wildman–Crippen LogP) is 0.304. The maximum absolute atomic E-state index is 13.5. The number of halogens is 1. The Kier molecular flexibility index (Phi) is 7.18. The Bertz CT molecular complexity index is 962. The van der Waals surface area contributed by atoms with Crippen molar-refractivity contribution in [2.45, 2.75) is 50.2 Å². The van der Waals surface area contributed by atoms with E-state index in [1.807, 2.05) is 16.8 Å². The summed E-state index contributed by atoms with van der Waals surface area (Å²) in [4.78, 5) is 26.6. The molecule has 6 rings (SSSR count). The minimum absolute atomic E-state index is 0. The maximum atomic E-state index is 13.5. The van der Waals surface area contributed by atoms with E-state index in [4.69, 9.17) is 4.74 Å². The number of ether oxygens (including phenoxy) is 1. The lowest BCUT2D eigenvalue weighted by Gasteiger charge is -2.49. The van der Waals surface area contributed by atoms with Crippen molar-refractivity contribution < 1.29 is 40.9 Å². The molecule has 2 N–H and O–H groups in total. The summed E-state index contributed by atoms with van der Waals surface area (Å²) in [5.74, 6) is -0.0549. The molecule has 1 aliphatic carbocycles. The topological polar surface area (TPSA) is 101 Å². The van der Waals surface area contributed by atoms with Crippen molar-refractivity contribution >= 4 is 29.2 Å². The number of carbonyl (C=O) groups is 2. The van der Waals surface area contributed by atoms with Crippen LogP contribution in [0, 0.1) is 11.8 Å². The quantitative estimate of drug-likeness (QED) is 0.421. The van der Waals surface area contributed by atoms with Crippen molar-refractivity contribution in [2.75, 3.05) is 25.0 Å². The van der Waals surface area contributed by atoms with Crippen LogP contribution in [-0.2, 0) is 15.1 Å². The molecule has 2 aromatic heterocycles. The highest BCUT2D eigenvalue weighted by Crippen LogP contribution is 2.44. The van der Waals surface area contributed by atoms with Gasteiger partial charge in [0.15, 0.2) is 17.5 Å². The van der Waals surface area contributed by atoms with Gasteiger partial charge in [-0.3, -0.25) is 5.32 Å². The number of fused-ring (bicyclic) bond motifs is 3. The number of quaternary nitrogens is 1. The number of anilines is 1. The van der Waals surface area contributed by atoms with E-state index in [0.29, 0.717) is 31.0 Å². The van der Waals surface area contributed by atoms with Crippen molar-refractivity contribution in [1.82, 2.24) is 10.2 Å². The molecule has 0 spiro atoms. The zero-order valence-electron chi connectivity index (χ0n) is 18.4. The first-order chi connectivity index (χ1) is 15.5. The largest absolute Gasteiger partial charge is 1.00 e. The van der Waals surface area contributed by atoms with Crippen molar-refractivity contribution in [3.8, 4) is 0 Å². The average molecular weight is 537 g/mol. The lowest BCUT2D eigenvalue weighted by Crippen LogP contribution is -3.00. The maximum Gasteiger partial charge on any atom is 0.422 e. The van der Waals surface area contributed by atoms with E-state index in [0.717, 1.165) is 38.5 Å². The highest BCUT2D eigenvalue weighted by molar-refractivity contribution is 7.08. The van der Waals surface area contributed by atoms with Gasteiger partial charge in [-0.1, -0.05) is 12.8 Å². The molecule has 4 fully saturated rings. The Morgan fingerprint density at radius 3 is 2.58 bits per heavy atom. The second-order valence-corrected chi connectivity index (χ2v) is 10.1. The number of hydrogen-bond acceptors (Lipinski definition) is 7. The fourth-order valence-corrected chi connectivity index (χ4v) is 6.43. The van der Waals surface area contributed by atoms with Gasteiger partial charge < -0.3 is 26.8 Å². The van der Waals surface area contributed by atoms with Gasteiger partial charge in [0.05, 0.1) is 13.1 Å². The van der Waals surface area contributed by atoms with E-state index in [9.17, 15) is 14.7 Å². The minimum Gasteiger partial charge on any atom is -1.00 e. The number of nitrogens with zero attached hydrogens (tertiary/aromatic N) is 3. The molecule has 5 heterocycles. The van der Waals surface area contributed by atoms with Crippen LogP contribution in [0.1, 0.15) is 44.1 Å². The van der Waals surface area contributed by atoms with Gasteiger partial charge in [0.2, 0.25) is 0 Å². The number of amides is 2. The highest BCUT2D eigenvalue weighted by Gasteiger charge is 2.55. The molecule has 33 heavy (non-hydrogen) atoms. The molecule has 2 amide bonds. The first-order valence-electron chi connectivity index (χ1n) is 11.4. The van der Waals surface area contributed by atoms with Crippen LogP contribution in [0.5, 0.6) is 0 Å². The van der Waals surface area contributed by atoms with Crippen molar-refractivity contribution in [3.63, 3.8) is 0 Å². The van der Waals surface area contributed by atoms with Gasteiger partial charge in [-0.2, -0.15) is 16.4 Å². The SMILES string of the molecule is O=C(OC1C[N+]2(C(=O)Nc3cccnn3)CCC1CC2)[C@](O)(c1ccsc1)C1CCCC1.[Br-]. The summed E-state index contributed by atoms with van der Waals surface area (Å²) < 4.78 is 6.26. The second-order valence-electron chi connectivity index (χ2n) is 9.35. The van der Waals surface area contributed by atoms with Gasteiger partial charge in [-0.15, -0.1) is 5.10 Å². The predicted molar refractivity (Wildman–Crippen MR) is 119 cm³/mol. The Morgan fingerprint density at radius 1 is 1.18 bits per heavy atom. The number of aliphatic hydroxyl groups is 1. The molecule has 2 aromatic rings. The molecule has 1 saturated carbocycles. The van der Waals surface area contributed by atoms with Crippen LogP contribution in [-0.4, -0.2) is 57.5 Å².